The van der Waals surface area contributed by atoms with E-state index in [2.05, 4.69) is 77.6 Å². The van der Waals surface area contributed by atoms with E-state index in [-0.39, 0.29) is 0 Å². The lowest BCUT2D eigenvalue weighted by Gasteiger charge is -2.65. The van der Waals surface area contributed by atoms with E-state index in [0.717, 1.165) is 22.7 Å². The maximum absolute atomic E-state index is 6.23. The van der Waals surface area contributed by atoms with Crippen molar-refractivity contribution in [3.8, 4) is 5.75 Å². The van der Waals surface area contributed by atoms with E-state index in [1.165, 1.54) is 49.7 Å². The van der Waals surface area contributed by atoms with Gasteiger partial charge in [0.2, 0.25) is 0 Å². The largest absolute Gasteiger partial charge is 0.489 e. The van der Waals surface area contributed by atoms with Gasteiger partial charge in [0.25, 0.3) is 0 Å². The molecule has 4 saturated carbocycles. The van der Waals surface area contributed by atoms with Crippen molar-refractivity contribution >= 4 is 15.9 Å². The first-order valence-corrected chi connectivity index (χ1v) is 11.8. The third kappa shape index (κ3) is 4.01. The average molecular weight is 454 g/mol. The maximum Gasteiger partial charge on any atom is 0.124 e. The van der Waals surface area contributed by atoms with Gasteiger partial charge in [-0.3, -0.25) is 0 Å². The van der Waals surface area contributed by atoms with Crippen LogP contribution < -0.4 is 10.1 Å². The Morgan fingerprint density at radius 1 is 0.966 bits per heavy atom. The molecule has 4 aliphatic carbocycles. The highest BCUT2D eigenvalue weighted by Crippen LogP contribution is 2.66. The fourth-order valence-corrected chi connectivity index (χ4v) is 7.90. The van der Waals surface area contributed by atoms with Crippen molar-refractivity contribution in [3.05, 3.63) is 64.1 Å². The van der Waals surface area contributed by atoms with Crippen LogP contribution in [0.4, 0.5) is 0 Å². The van der Waals surface area contributed by atoms with Crippen molar-refractivity contribution in [2.45, 2.75) is 71.1 Å². The Labute approximate surface area is 183 Å². The molecule has 2 aromatic rings. The summed E-state index contributed by atoms with van der Waals surface area (Å²) < 4.78 is 7.34. The molecule has 0 radical (unpaired) electrons. The number of halogens is 1. The Morgan fingerprint density at radius 3 is 2.38 bits per heavy atom. The predicted octanol–water partition coefficient (Wildman–Crippen LogP) is 6.87. The summed E-state index contributed by atoms with van der Waals surface area (Å²) in [6.45, 7) is 6.57. The third-order valence-corrected chi connectivity index (χ3v) is 8.03. The van der Waals surface area contributed by atoms with Crippen LogP contribution in [0, 0.1) is 16.7 Å². The van der Waals surface area contributed by atoms with Crippen molar-refractivity contribution in [1.82, 2.24) is 5.32 Å². The van der Waals surface area contributed by atoms with Crippen molar-refractivity contribution in [2.24, 2.45) is 16.7 Å². The minimum atomic E-state index is 0.307. The van der Waals surface area contributed by atoms with Gasteiger partial charge in [-0.1, -0.05) is 60.1 Å². The maximum atomic E-state index is 6.23. The fourth-order valence-electron chi connectivity index (χ4n) is 7.49. The van der Waals surface area contributed by atoms with Crippen LogP contribution >= 0.6 is 15.9 Å². The molecule has 6 rings (SSSR count). The van der Waals surface area contributed by atoms with Crippen LogP contribution in [0.25, 0.3) is 0 Å². The second kappa shape index (κ2) is 7.13. The van der Waals surface area contributed by atoms with Crippen molar-refractivity contribution in [1.29, 1.82) is 0 Å². The van der Waals surface area contributed by atoms with E-state index in [4.69, 9.17) is 4.74 Å². The normalized spacial score (nSPS) is 35.1. The molecule has 2 aromatic carbocycles. The van der Waals surface area contributed by atoms with Gasteiger partial charge in [-0.15, -0.1) is 0 Å². The van der Waals surface area contributed by atoms with Crippen LogP contribution in [0.2, 0.25) is 0 Å². The summed E-state index contributed by atoms with van der Waals surface area (Å²) in [4.78, 5) is 0. The first kappa shape index (κ1) is 19.6. The lowest BCUT2D eigenvalue weighted by molar-refractivity contribution is -0.118. The van der Waals surface area contributed by atoms with Gasteiger partial charge < -0.3 is 10.1 Å². The standard InChI is InChI=1S/C26H32BrNO/c1-24-11-20-12-25(2,16-24)18-26(13-20,17-24)28-14-21-10-22(27)8-9-23(21)29-15-19-6-4-3-5-7-19/h3-10,20,28H,11-18H2,1-2H3/t20?,24-,25+,26?. The predicted molar refractivity (Wildman–Crippen MR) is 122 cm³/mol. The third-order valence-electron chi connectivity index (χ3n) is 7.54. The molecule has 3 heteroatoms. The van der Waals surface area contributed by atoms with Gasteiger partial charge in [0.15, 0.2) is 0 Å². The number of benzene rings is 2. The molecule has 4 fully saturated rings. The molecule has 0 heterocycles. The van der Waals surface area contributed by atoms with Gasteiger partial charge in [-0.2, -0.15) is 0 Å². The number of rotatable bonds is 6. The highest BCUT2D eigenvalue weighted by molar-refractivity contribution is 9.10. The zero-order valence-corrected chi connectivity index (χ0v) is 19.2. The van der Waals surface area contributed by atoms with Gasteiger partial charge in [-0.05, 0) is 79.0 Å². The highest BCUT2D eigenvalue weighted by atomic mass is 79.9. The van der Waals surface area contributed by atoms with Gasteiger partial charge in [-0.25, -0.2) is 0 Å². The van der Waals surface area contributed by atoms with Crippen LogP contribution in [0.3, 0.4) is 0 Å². The van der Waals surface area contributed by atoms with E-state index < -0.39 is 0 Å². The average Bonchev–Trinajstić information content (AvgIpc) is 2.64. The molecule has 2 unspecified atom stereocenters. The van der Waals surface area contributed by atoms with Crippen molar-refractivity contribution < 1.29 is 4.74 Å². The zero-order valence-electron chi connectivity index (χ0n) is 17.6. The van der Waals surface area contributed by atoms with Crippen LogP contribution in [-0.4, -0.2) is 5.54 Å². The van der Waals surface area contributed by atoms with E-state index >= 15 is 0 Å². The van der Waals surface area contributed by atoms with E-state index in [9.17, 15) is 0 Å². The van der Waals surface area contributed by atoms with Crippen molar-refractivity contribution in [2.75, 3.05) is 0 Å². The quantitative estimate of drug-likeness (QED) is 0.515. The van der Waals surface area contributed by atoms with E-state index in [0.29, 0.717) is 23.0 Å². The van der Waals surface area contributed by atoms with Gasteiger partial charge in [0, 0.05) is 22.1 Å². The summed E-state index contributed by atoms with van der Waals surface area (Å²) in [6.07, 6.45) is 8.32. The molecule has 0 saturated heterocycles. The van der Waals surface area contributed by atoms with Crippen LogP contribution in [0.15, 0.2) is 53.0 Å². The SMILES string of the molecule is C[C@]12CC3CC(NCc4cc(Br)ccc4OCc4ccccc4)(C1)C[C@@](C)(C3)C2. The molecule has 29 heavy (non-hydrogen) atoms. The van der Waals surface area contributed by atoms with E-state index in [1.54, 1.807) is 0 Å². The van der Waals surface area contributed by atoms with Gasteiger partial charge >= 0.3 is 0 Å². The molecule has 0 aromatic heterocycles. The van der Waals surface area contributed by atoms with Gasteiger partial charge in [0.05, 0.1) is 0 Å². The lowest BCUT2D eigenvalue weighted by atomic mass is 9.43. The molecule has 0 spiro atoms. The fraction of sp³-hybridized carbons (Fsp3) is 0.538. The Hall–Kier alpha value is -1.32. The molecule has 4 atom stereocenters. The van der Waals surface area contributed by atoms with E-state index in [1.807, 2.05) is 6.07 Å². The molecular weight excluding hydrogens is 422 g/mol. The second-order valence-electron chi connectivity index (χ2n) is 10.8. The summed E-state index contributed by atoms with van der Waals surface area (Å²) >= 11 is 3.66. The first-order chi connectivity index (χ1) is 13.8. The monoisotopic (exact) mass is 453 g/mol. The minimum absolute atomic E-state index is 0.307. The summed E-state index contributed by atoms with van der Waals surface area (Å²) in [5.74, 6) is 1.90. The highest BCUT2D eigenvalue weighted by Gasteiger charge is 2.59. The molecule has 2 nitrogen and oxygen atoms in total. The smallest absolute Gasteiger partial charge is 0.124 e. The lowest BCUT2D eigenvalue weighted by Crippen LogP contribution is -2.63. The van der Waals surface area contributed by atoms with Gasteiger partial charge in [0.1, 0.15) is 12.4 Å². The molecule has 4 bridgehead atoms. The minimum Gasteiger partial charge on any atom is -0.489 e. The Kier molecular flexibility index (Phi) is 4.83. The Bertz CT molecular complexity index is 877. The summed E-state index contributed by atoms with van der Waals surface area (Å²) in [7, 11) is 0. The second-order valence-corrected chi connectivity index (χ2v) is 11.7. The Balaban J connectivity index is 1.32. The van der Waals surface area contributed by atoms with Crippen LogP contribution in [-0.2, 0) is 13.2 Å². The topological polar surface area (TPSA) is 21.3 Å². The number of hydrogen-bond acceptors (Lipinski definition) is 2. The molecule has 0 aliphatic heterocycles. The summed E-state index contributed by atoms with van der Waals surface area (Å²) in [5.41, 5.74) is 3.83. The molecular formula is C26H32BrNO. The Morgan fingerprint density at radius 2 is 1.69 bits per heavy atom. The zero-order chi connectivity index (χ0) is 20.1. The number of nitrogens with one attached hydrogen (secondary N) is 1. The van der Waals surface area contributed by atoms with Crippen LogP contribution in [0.1, 0.15) is 63.5 Å². The first-order valence-electron chi connectivity index (χ1n) is 11.0. The molecule has 4 aliphatic rings. The molecule has 1 N–H and O–H groups in total. The number of ether oxygens (including phenoxy) is 1. The summed E-state index contributed by atoms with van der Waals surface area (Å²) in [5, 5.41) is 4.06. The van der Waals surface area contributed by atoms with Crippen LogP contribution in [0.5, 0.6) is 5.75 Å². The summed E-state index contributed by atoms with van der Waals surface area (Å²) in [6, 6.07) is 16.8. The molecule has 0 amide bonds. The number of hydrogen-bond donors (Lipinski definition) is 1. The van der Waals surface area contributed by atoms with Crippen molar-refractivity contribution in [3.63, 3.8) is 0 Å². The molecule has 154 valence electrons.